The van der Waals surface area contributed by atoms with Crippen LogP contribution in [0.2, 0.25) is 5.02 Å². The molecule has 8 heteroatoms. The van der Waals surface area contributed by atoms with Crippen molar-refractivity contribution >= 4 is 38.9 Å². The van der Waals surface area contributed by atoms with Gasteiger partial charge in [0, 0.05) is 16.8 Å². The minimum atomic E-state index is -3.65. The number of anilines is 2. The van der Waals surface area contributed by atoms with Crippen molar-refractivity contribution in [2.24, 2.45) is 0 Å². The summed E-state index contributed by atoms with van der Waals surface area (Å²) in [6.07, 6.45) is 1.06. The van der Waals surface area contributed by atoms with Crippen molar-refractivity contribution in [1.29, 1.82) is 0 Å². The number of methoxy groups -OCH3 is 1. The van der Waals surface area contributed by atoms with Crippen LogP contribution in [0.1, 0.15) is 5.56 Å². The van der Waals surface area contributed by atoms with Gasteiger partial charge in [-0.05, 0) is 42.8 Å². The van der Waals surface area contributed by atoms with Crippen LogP contribution in [0.3, 0.4) is 0 Å². The lowest BCUT2D eigenvalue weighted by atomic mass is 10.2. The number of carbonyl (C=O) groups is 1. The maximum Gasteiger partial charge on any atom is 0.245 e. The van der Waals surface area contributed by atoms with Gasteiger partial charge in [-0.2, -0.15) is 0 Å². The standard InChI is InChI=1S/C17H19ClN2O4S/c1-12-9-13(18)7-8-16(12)20(25(3,22)23)11-17(21)19-14-5-4-6-15(10-14)24-2/h4-10H,11H2,1-3H3,(H,19,21). The SMILES string of the molecule is COc1cccc(NC(=O)CN(c2ccc(Cl)cc2C)S(C)(=O)=O)c1. The molecule has 0 heterocycles. The molecule has 0 saturated heterocycles. The van der Waals surface area contributed by atoms with Crippen LogP contribution in [-0.2, 0) is 14.8 Å². The Morgan fingerprint density at radius 2 is 1.96 bits per heavy atom. The number of halogens is 1. The molecule has 0 aliphatic carbocycles. The summed E-state index contributed by atoms with van der Waals surface area (Å²) in [5, 5.41) is 3.16. The molecule has 0 aliphatic rings. The highest BCUT2D eigenvalue weighted by molar-refractivity contribution is 7.92. The summed E-state index contributed by atoms with van der Waals surface area (Å²) in [4.78, 5) is 12.3. The second-order valence-corrected chi connectivity index (χ2v) is 7.82. The average Bonchev–Trinajstić information content (AvgIpc) is 2.52. The van der Waals surface area contributed by atoms with Crippen molar-refractivity contribution in [3.63, 3.8) is 0 Å². The molecule has 0 aromatic heterocycles. The van der Waals surface area contributed by atoms with E-state index in [1.807, 2.05) is 0 Å². The maximum atomic E-state index is 12.3. The number of rotatable bonds is 6. The fourth-order valence-electron chi connectivity index (χ4n) is 2.31. The topological polar surface area (TPSA) is 75.7 Å². The zero-order chi connectivity index (χ0) is 18.6. The van der Waals surface area contributed by atoms with Crippen LogP contribution in [0.25, 0.3) is 0 Å². The van der Waals surface area contributed by atoms with Crippen LogP contribution < -0.4 is 14.4 Å². The predicted molar refractivity (Wildman–Crippen MR) is 100 cm³/mol. The molecule has 0 fully saturated rings. The van der Waals surface area contributed by atoms with Crippen molar-refractivity contribution in [3.8, 4) is 5.75 Å². The van der Waals surface area contributed by atoms with Gasteiger partial charge in [0.2, 0.25) is 15.9 Å². The van der Waals surface area contributed by atoms with Crippen molar-refractivity contribution in [3.05, 3.63) is 53.1 Å². The third-order valence-corrected chi connectivity index (χ3v) is 4.83. The molecule has 2 aromatic carbocycles. The van der Waals surface area contributed by atoms with E-state index in [0.29, 0.717) is 27.7 Å². The molecule has 0 aliphatic heterocycles. The summed E-state index contributed by atoms with van der Waals surface area (Å²) in [7, 11) is -2.13. The van der Waals surface area contributed by atoms with Crippen molar-refractivity contribution in [2.75, 3.05) is 29.5 Å². The Bertz CT molecular complexity index is 884. The highest BCUT2D eigenvalue weighted by Crippen LogP contribution is 2.25. The average molecular weight is 383 g/mol. The second kappa shape index (κ2) is 7.76. The monoisotopic (exact) mass is 382 g/mol. The highest BCUT2D eigenvalue weighted by atomic mass is 35.5. The zero-order valence-corrected chi connectivity index (χ0v) is 15.7. The molecule has 0 radical (unpaired) electrons. The number of aryl methyl sites for hydroxylation is 1. The van der Waals surface area contributed by atoms with E-state index in [4.69, 9.17) is 16.3 Å². The second-order valence-electron chi connectivity index (χ2n) is 5.48. The molecule has 0 bridgehead atoms. The summed E-state index contributed by atoms with van der Waals surface area (Å²) >= 11 is 5.92. The largest absolute Gasteiger partial charge is 0.497 e. The van der Waals surface area contributed by atoms with Crippen LogP contribution in [0.15, 0.2) is 42.5 Å². The minimum Gasteiger partial charge on any atom is -0.497 e. The molecule has 0 saturated carbocycles. The molecule has 0 unspecified atom stereocenters. The highest BCUT2D eigenvalue weighted by Gasteiger charge is 2.22. The van der Waals surface area contributed by atoms with Crippen molar-refractivity contribution in [2.45, 2.75) is 6.92 Å². The Morgan fingerprint density at radius 1 is 1.24 bits per heavy atom. The van der Waals surface area contributed by atoms with Crippen molar-refractivity contribution < 1.29 is 17.9 Å². The fraction of sp³-hybridized carbons (Fsp3) is 0.235. The summed E-state index contributed by atoms with van der Waals surface area (Å²) in [6.45, 7) is 1.39. The quantitative estimate of drug-likeness (QED) is 0.833. The van der Waals surface area contributed by atoms with Gasteiger partial charge in [-0.15, -0.1) is 0 Å². The third-order valence-electron chi connectivity index (χ3n) is 3.47. The first-order valence-electron chi connectivity index (χ1n) is 7.38. The molecule has 1 amide bonds. The van der Waals surface area contributed by atoms with Crippen LogP contribution in [0.5, 0.6) is 5.75 Å². The number of hydrogen-bond donors (Lipinski definition) is 1. The van der Waals surface area contributed by atoms with Gasteiger partial charge >= 0.3 is 0 Å². The van der Waals surface area contributed by atoms with Gasteiger partial charge in [0.25, 0.3) is 0 Å². The van der Waals surface area contributed by atoms with Crippen LogP contribution in [0, 0.1) is 6.92 Å². The van der Waals surface area contributed by atoms with E-state index in [1.54, 1.807) is 49.4 Å². The van der Waals surface area contributed by atoms with Gasteiger partial charge in [-0.1, -0.05) is 17.7 Å². The summed E-state index contributed by atoms with van der Waals surface area (Å²) in [6, 6.07) is 11.6. The van der Waals surface area contributed by atoms with Gasteiger partial charge in [-0.3, -0.25) is 9.10 Å². The molecular formula is C17H19ClN2O4S. The minimum absolute atomic E-state index is 0.349. The lowest BCUT2D eigenvalue weighted by Crippen LogP contribution is -2.37. The van der Waals surface area contributed by atoms with Gasteiger partial charge in [0.15, 0.2) is 0 Å². The Kier molecular flexibility index (Phi) is 5.92. The molecule has 1 N–H and O–H groups in total. The van der Waals surface area contributed by atoms with Crippen LogP contribution >= 0.6 is 11.6 Å². The number of hydrogen-bond acceptors (Lipinski definition) is 4. The van der Waals surface area contributed by atoms with Gasteiger partial charge in [-0.25, -0.2) is 8.42 Å². The Hall–Kier alpha value is -2.25. The first-order chi connectivity index (χ1) is 11.7. The molecule has 6 nitrogen and oxygen atoms in total. The lowest BCUT2D eigenvalue weighted by Gasteiger charge is -2.23. The maximum absolute atomic E-state index is 12.3. The van der Waals surface area contributed by atoms with Crippen molar-refractivity contribution in [1.82, 2.24) is 0 Å². The fourth-order valence-corrected chi connectivity index (χ4v) is 3.45. The number of ether oxygens (including phenoxy) is 1. The van der Waals surface area contributed by atoms with E-state index < -0.39 is 15.9 Å². The number of sulfonamides is 1. The van der Waals surface area contributed by atoms with Crippen LogP contribution in [0.4, 0.5) is 11.4 Å². The molecule has 0 spiro atoms. The summed E-state index contributed by atoms with van der Waals surface area (Å²) in [5.41, 5.74) is 1.59. The zero-order valence-electron chi connectivity index (χ0n) is 14.1. The molecule has 2 aromatic rings. The number of benzene rings is 2. The van der Waals surface area contributed by atoms with E-state index in [2.05, 4.69) is 5.32 Å². The normalized spacial score (nSPS) is 11.0. The smallest absolute Gasteiger partial charge is 0.245 e. The Balaban J connectivity index is 2.24. The number of nitrogens with zero attached hydrogens (tertiary/aromatic N) is 1. The first kappa shape index (κ1) is 19.1. The van der Waals surface area contributed by atoms with E-state index in [9.17, 15) is 13.2 Å². The first-order valence-corrected chi connectivity index (χ1v) is 9.61. The molecule has 0 atom stereocenters. The molecule has 134 valence electrons. The van der Waals surface area contributed by atoms with Gasteiger partial charge < -0.3 is 10.1 Å². The summed E-state index contributed by atoms with van der Waals surface area (Å²) < 4.78 is 30.4. The Morgan fingerprint density at radius 3 is 2.56 bits per heavy atom. The molecule has 2 rings (SSSR count). The summed E-state index contributed by atoms with van der Waals surface area (Å²) in [5.74, 6) is 0.124. The predicted octanol–water partition coefficient (Wildman–Crippen LogP) is 3.06. The van der Waals surface area contributed by atoms with Crippen LogP contribution in [-0.4, -0.2) is 34.2 Å². The van der Waals surface area contributed by atoms with E-state index in [1.165, 1.54) is 7.11 Å². The van der Waals surface area contributed by atoms with E-state index in [-0.39, 0.29) is 6.54 Å². The van der Waals surface area contributed by atoms with E-state index in [0.717, 1.165) is 10.6 Å². The number of carbonyl (C=O) groups excluding carboxylic acids is 1. The van der Waals surface area contributed by atoms with Gasteiger partial charge in [0.05, 0.1) is 19.1 Å². The molecule has 25 heavy (non-hydrogen) atoms. The number of amides is 1. The van der Waals surface area contributed by atoms with E-state index >= 15 is 0 Å². The molecular weight excluding hydrogens is 364 g/mol. The Labute approximate surface area is 152 Å². The number of nitrogens with one attached hydrogen (secondary N) is 1. The third kappa shape index (κ3) is 5.11. The lowest BCUT2D eigenvalue weighted by molar-refractivity contribution is -0.114. The van der Waals surface area contributed by atoms with Gasteiger partial charge in [0.1, 0.15) is 12.3 Å².